The first-order valence-corrected chi connectivity index (χ1v) is 3.04. The Hall–Kier alpha value is -1.60. The van der Waals surface area contributed by atoms with Crippen molar-refractivity contribution in [2.24, 2.45) is 0 Å². The van der Waals surface area contributed by atoms with Crippen LogP contribution in [0.3, 0.4) is 0 Å². The van der Waals surface area contributed by atoms with Crippen LogP contribution in [0.4, 0.5) is 0 Å². The second kappa shape index (κ2) is 16.2. The molecule has 0 aliphatic heterocycles. The molecular weight excluding hydrogens is 172 g/mol. The van der Waals surface area contributed by atoms with Gasteiger partial charge >= 0.3 is 0 Å². The topological polar surface area (TPSA) is 127 Å². The molecule has 0 fully saturated rings. The van der Waals surface area contributed by atoms with E-state index in [0.717, 1.165) is 0 Å². The minimum atomic E-state index is -1.50. The predicted molar refractivity (Wildman–Crippen MR) is 38.1 cm³/mol. The van der Waals surface area contributed by atoms with E-state index in [1.54, 1.807) is 0 Å². The molecule has 0 heterocycles. The zero-order valence-corrected chi connectivity index (χ0v) is 6.84. The Labute approximate surface area is 68.6 Å². The Morgan fingerprint density at radius 2 is 1.08 bits per heavy atom. The highest BCUT2D eigenvalue weighted by atomic mass is 16.9. The molecule has 0 bridgehead atoms. The first-order chi connectivity index (χ1) is 5.38. The van der Waals surface area contributed by atoms with E-state index < -0.39 is 10.2 Å². The third kappa shape index (κ3) is 1280. The number of hydrogen-bond donors (Lipinski definition) is 2. The minimum absolute atomic E-state index is 1.32. The average molecular weight is 184 g/mol. The van der Waals surface area contributed by atoms with E-state index in [1.165, 1.54) is 12.8 Å². The molecule has 0 radical (unpaired) electrons. The van der Waals surface area contributed by atoms with E-state index in [9.17, 15) is 0 Å². The van der Waals surface area contributed by atoms with Gasteiger partial charge in [0, 0.05) is 0 Å². The Bertz CT molecular complexity index is 94.1. The van der Waals surface area contributed by atoms with Gasteiger partial charge in [-0.05, 0) is 0 Å². The zero-order chi connectivity index (χ0) is 10.6. The van der Waals surface area contributed by atoms with Crippen molar-refractivity contribution in [1.29, 1.82) is 0 Å². The van der Waals surface area contributed by atoms with Gasteiger partial charge in [0.15, 0.2) is 0 Å². The van der Waals surface area contributed by atoms with Crippen LogP contribution in [0.1, 0.15) is 26.7 Å². The molecule has 8 nitrogen and oxygen atoms in total. The van der Waals surface area contributed by atoms with Gasteiger partial charge in [0.2, 0.25) is 0 Å². The third-order valence-electron chi connectivity index (χ3n) is 0.500. The Kier molecular flexibility index (Phi) is 22.6. The number of rotatable bonds is 1. The molecule has 0 unspecified atom stereocenters. The van der Waals surface area contributed by atoms with Gasteiger partial charge in [-0.1, -0.05) is 26.7 Å². The quantitative estimate of drug-likeness (QED) is 0.464. The molecule has 0 saturated heterocycles. The SMILES string of the molecule is CCCC.O=[N+]([O-])O.O=[N+]([O-])O. The second-order valence-electron chi connectivity index (χ2n) is 1.48. The van der Waals surface area contributed by atoms with E-state index in [4.69, 9.17) is 30.6 Å². The highest BCUT2D eigenvalue weighted by Gasteiger charge is 1.65. The van der Waals surface area contributed by atoms with Crippen molar-refractivity contribution in [3.05, 3.63) is 20.2 Å². The maximum absolute atomic E-state index is 8.36. The summed E-state index contributed by atoms with van der Waals surface area (Å²) in [6, 6.07) is 0. The molecule has 0 aliphatic rings. The van der Waals surface area contributed by atoms with E-state index >= 15 is 0 Å². The molecule has 12 heavy (non-hydrogen) atoms. The summed E-state index contributed by atoms with van der Waals surface area (Å²) in [4.78, 5) is 16.7. The lowest BCUT2D eigenvalue weighted by Gasteiger charge is -1.68. The minimum Gasteiger partial charge on any atom is -0.328 e. The standard InChI is InChI=1S/C4H10.2HNO3/c1-3-4-2;2*2-1(3)4/h3-4H2,1-2H3;2*(H,2,3,4). The summed E-state index contributed by atoms with van der Waals surface area (Å²) in [5, 5.41) is 27.3. The largest absolute Gasteiger partial charge is 0.328 e. The fourth-order valence-electron chi connectivity index (χ4n) is 0. The van der Waals surface area contributed by atoms with Crippen molar-refractivity contribution in [2.75, 3.05) is 0 Å². The monoisotopic (exact) mass is 184 g/mol. The van der Waals surface area contributed by atoms with E-state index in [-0.39, 0.29) is 0 Å². The van der Waals surface area contributed by atoms with Crippen LogP contribution < -0.4 is 0 Å². The highest BCUT2D eigenvalue weighted by molar-refractivity contribution is 4.12. The summed E-state index contributed by atoms with van der Waals surface area (Å²) in [6.07, 6.45) is 2.64. The summed E-state index contributed by atoms with van der Waals surface area (Å²) < 4.78 is 0. The van der Waals surface area contributed by atoms with E-state index in [0.29, 0.717) is 0 Å². The van der Waals surface area contributed by atoms with Crippen molar-refractivity contribution in [2.45, 2.75) is 26.7 Å². The lowest BCUT2D eigenvalue weighted by Crippen LogP contribution is -1.81. The van der Waals surface area contributed by atoms with Crippen LogP contribution in [-0.4, -0.2) is 20.6 Å². The summed E-state index contributed by atoms with van der Waals surface area (Å²) in [6.45, 7) is 4.36. The summed E-state index contributed by atoms with van der Waals surface area (Å²) in [5.41, 5.74) is 0. The normalized spacial score (nSPS) is 6.50. The van der Waals surface area contributed by atoms with Gasteiger partial charge in [0.25, 0.3) is 10.2 Å². The van der Waals surface area contributed by atoms with Crippen LogP contribution in [0.15, 0.2) is 0 Å². The van der Waals surface area contributed by atoms with E-state index in [2.05, 4.69) is 13.8 Å². The fraction of sp³-hybridized carbons (Fsp3) is 1.00. The molecule has 8 heteroatoms. The Morgan fingerprint density at radius 3 is 1.08 bits per heavy atom. The van der Waals surface area contributed by atoms with Crippen molar-refractivity contribution < 1.29 is 20.6 Å². The third-order valence-corrected chi connectivity index (χ3v) is 0.500. The molecule has 0 aliphatic carbocycles. The van der Waals surface area contributed by atoms with Crippen LogP contribution in [-0.2, 0) is 0 Å². The molecule has 0 aromatic heterocycles. The molecule has 0 aromatic carbocycles. The molecule has 0 atom stereocenters. The molecule has 2 N–H and O–H groups in total. The number of nitrogens with zero attached hydrogens (tertiary/aromatic N) is 2. The Balaban J connectivity index is -0.000000101. The lowest BCUT2D eigenvalue weighted by molar-refractivity contribution is -0.742. The smallest absolute Gasteiger partial charge is 0.291 e. The molecule has 0 rings (SSSR count). The van der Waals surface area contributed by atoms with Crippen LogP contribution in [0, 0.1) is 20.2 Å². The van der Waals surface area contributed by atoms with Crippen LogP contribution in [0.2, 0.25) is 0 Å². The van der Waals surface area contributed by atoms with Gasteiger partial charge in [0.05, 0.1) is 0 Å². The van der Waals surface area contributed by atoms with Gasteiger partial charge in [-0.3, -0.25) is 0 Å². The number of hydrogen-bond acceptors (Lipinski definition) is 4. The molecule has 0 spiro atoms. The highest BCUT2D eigenvalue weighted by Crippen LogP contribution is 1.76. The van der Waals surface area contributed by atoms with Crippen molar-refractivity contribution in [3.8, 4) is 0 Å². The molecular formula is C4H12N2O6. The lowest BCUT2D eigenvalue weighted by atomic mass is 10.4. The second-order valence-corrected chi connectivity index (χ2v) is 1.48. The van der Waals surface area contributed by atoms with Crippen molar-refractivity contribution in [1.82, 2.24) is 0 Å². The van der Waals surface area contributed by atoms with Gasteiger partial charge in [-0.15, -0.1) is 20.2 Å². The van der Waals surface area contributed by atoms with Crippen molar-refractivity contribution >= 4 is 0 Å². The van der Waals surface area contributed by atoms with Gasteiger partial charge in [-0.25, -0.2) is 0 Å². The molecule has 0 amide bonds. The van der Waals surface area contributed by atoms with Crippen LogP contribution in [0.5, 0.6) is 0 Å². The number of unbranched alkanes of at least 4 members (excludes halogenated alkanes) is 1. The molecule has 0 aromatic rings. The Morgan fingerprint density at radius 1 is 1.00 bits per heavy atom. The summed E-state index contributed by atoms with van der Waals surface area (Å²) in [5.74, 6) is 0. The predicted octanol–water partition coefficient (Wildman–Crippen LogP) is 1.11. The van der Waals surface area contributed by atoms with Crippen LogP contribution >= 0.6 is 0 Å². The first kappa shape index (κ1) is 16.8. The van der Waals surface area contributed by atoms with E-state index in [1.807, 2.05) is 0 Å². The summed E-state index contributed by atoms with van der Waals surface area (Å²) >= 11 is 0. The maximum atomic E-state index is 8.36. The molecule has 0 saturated carbocycles. The fourth-order valence-corrected chi connectivity index (χ4v) is 0. The maximum Gasteiger partial charge on any atom is 0.291 e. The molecule has 74 valence electrons. The van der Waals surface area contributed by atoms with Gasteiger partial charge < -0.3 is 10.4 Å². The van der Waals surface area contributed by atoms with Crippen LogP contribution in [0.25, 0.3) is 0 Å². The first-order valence-electron chi connectivity index (χ1n) is 3.04. The summed E-state index contributed by atoms with van der Waals surface area (Å²) in [7, 11) is 0. The average Bonchev–Trinajstić information content (AvgIpc) is 1.85. The van der Waals surface area contributed by atoms with Crippen molar-refractivity contribution in [3.63, 3.8) is 0 Å². The van der Waals surface area contributed by atoms with Gasteiger partial charge in [-0.2, -0.15) is 0 Å². The van der Waals surface area contributed by atoms with Gasteiger partial charge in [0.1, 0.15) is 0 Å². The zero-order valence-electron chi connectivity index (χ0n) is 6.84.